The Hall–Kier alpha value is -0.710. The summed E-state index contributed by atoms with van der Waals surface area (Å²) in [5.74, 6) is 0. The van der Waals surface area contributed by atoms with Gasteiger partial charge >= 0.3 is 0 Å². The number of halogens is 2. The van der Waals surface area contributed by atoms with E-state index in [9.17, 15) is 0 Å². The zero-order chi connectivity index (χ0) is 14.5. The lowest BCUT2D eigenvalue weighted by Gasteiger charge is -2.19. The molecule has 0 saturated heterocycles. The summed E-state index contributed by atoms with van der Waals surface area (Å²) in [6, 6.07) is 10.7. The van der Waals surface area contributed by atoms with Gasteiger partial charge < -0.3 is 5.32 Å². The summed E-state index contributed by atoms with van der Waals surface area (Å²) in [4.78, 5) is 4.51. The molecule has 2 aromatic rings. The van der Waals surface area contributed by atoms with Gasteiger partial charge in [0.1, 0.15) is 0 Å². The van der Waals surface area contributed by atoms with Gasteiger partial charge in [-0.15, -0.1) is 0 Å². The normalized spacial score (nSPS) is 12.4. The summed E-state index contributed by atoms with van der Waals surface area (Å²) in [5.41, 5.74) is 3.65. The summed E-state index contributed by atoms with van der Waals surface area (Å²) in [5, 5.41) is 3.55. The molecule has 4 heteroatoms. The van der Waals surface area contributed by atoms with E-state index in [4.69, 9.17) is 0 Å². The van der Waals surface area contributed by atoms with Gasteiger partial charge in [0.15, 0.2) is 0 Å². The van der Waals surface area contributed by atoms with E-state index < -0.39 is 0 Å². The molecule has 0 radical (unpaired) electrons. The largest absolute Gasteiger partial charge is 0.310 e. The van der Waals surface area contributed by atoms with Crippen LogP contribution in [0.15, 0.2) is 45.5 Å². The predicted octanol–water partition coefficient (Wildman–Crippen LogP) is 4.81. The lowest BCUT2D eigenvalue weighted by atomic mass is 9.99. The Kier molecular flexibility index (Phi) is 5.75. The first-order valence-electron chi connectivity index (χ1n) is 6.70. The summed E-state index contributed by atoms with van der Waals surface area (Å²) in [6.07, 6.45) is 2.76. The Labute approximate surface area is 137 Å². The SMILES string of the molecule is CCNC(Cc1ncccc1C)c1cc(Br)cc(Br)c1. The van der Waals surface area contributed by atoms with Crippen LogP contribution in [0.1, 0.15) is 29.8 Å². The summed E-state index contributed by atoms with van der Waals surface area (Å²) < 4.78 is 2.17. The lowest BCUT2D eigenvalue weighted by Crippen LogP contribution is -2.23. The molecular formula is C16H18Br2N2. The van der Waals surface area contributed by atoms with Crippen molar-refractivity contribution in [2.24, 2.45) is 0 Å². The van der Waals surface area contributed by atoms with Crippen molar-refractivity contribution in [1.82, 2.24) is 10.3 Å². The molecule has 0 aliphatic heterocycles. The number of hydrogen-bond acceptors (Lipinski definition) is 2. The average molecular weight is 398 g/mol. The van der Waals surface area contributed by atoms with E-state index in [0.29, 0.717) is 0 Å². The van der Waals surface area contributed by atoms with Crippen molar-refractivity contribution >= 4 is 31.9 Å². The molecule has 0 spiro atoms. The molecule has 0 aliphatic rings. The van der Waals surface area contributed by atoms with Crippen LogP contribution in [0.4, 0.5) is 0 Å². The molecule has 1 unspecified atom stereocenters. The molecule has 0 aliphatic carbocycles. The predicted molar refractivity (Wildman–Crippen MR) is 90.9 cm³/mol. The highest BCUT2D eigenvalue weighted by molar-refractivity contribution is 9.11. The maximum Gasteiger partial charge on any atom is 0.0451 e. The van der Waals surface area contributed by atoms with Crippen molar-refractivity contribution in [2.45, 2.75) is 26.3 Å². The Morgan fingerprint density at radius 1 is 1.20 bits per heavy atom. The van der Waals surface area contributed by atoms with Crippen LogP contribution in [-0.4, -0.2) is 11.5 Å². The number of nitrogens with one attached hydrogen (secondary N) is 1. The second-order valence-electron chi connectivity index (χ2n) is 4.78. The van der Waals surface area contributed by atoms with Gasteiger partial charge in [0.05, 0.1) is 0 Å². The van der Waals surface area contributed by atoms with Crippen molar-refractivity contribution in [3.8, 4) is 0 Å². The maximum atomic E-state index is 4.51. The van der Waals surface area contributed by atoms with Crippen molar-refractivity contribution in [3.05, 3.63) is 62.3 Å². The Balaban J connectivity index is 2.29. The smallest absolute Gasteiger partial charge is 0.0451 e. The van der Waals surface area contributed by atoms with Crippen molar-refractivity contribution < 1.29 is 0 Å². The number of aromatic nitrogens is 1. The van der Waals surface area contributed by atoms with E-state index in [-0.39, 0.29) is 6.04 Å². The highest BCUT2D eigenvalue weighted by atomic mass is 79.9. The molecule has 106 valence electrons. The molecular weight excluding hydrogens is 380 g/mol. The van der Waals surface area contributed by atoms with E-state index in [1.807, 2.05) is 12.3 Å². The van der Waals surface area contributed by atoms with Gasteiger partial charge in [-0.3, -0.25) is 4.98 Å². The van der Waals surface area contributed by atoms with Crippen molar-refractivity contribution in [3.63, 3.8) is 0 Å². The van der Waals surface area contributed by atoms with Crippen LogP contribution in [0.5, 0.6) is 0 Å². The molecule has 2 nitrogen and oxygen atoms in total. The van der Waals surface area contributed by atoms with Gasteiger partial charge in [-0.25, -0.2) is 0 Å². The Morgan fingerprint density at radius 2 is 1.90 bits per heavy atom. The first kappa shape index (κ1) is 15.7. The lowest BCUT2D eigenvalue weighted by molar-refractivity contribution is 0.542. The highest BCUT2D eigenvalue weighted by Gasteiger charge is 2.14. The topological polar surface area (TPSA) is 24.9 Å². The van der Waals surface area contributed by atoms with Gasteiger partial charge in [-0.1, -0.05) is 44.8 Å². The summed E-state index contributed by atoms with van der Waals surface area (Å²) in [7, 11) is 0. The number of nitrogens with zero attached hydrogens (tertiary/aromatic N) is 1. The monoisotopic (exact) mass is 396 g/mol. The fourth-order valence-electron chi connectivity index (χ4n) is 2.26. The fraction of sp³-hybridized carbons (Fsp3) is 0.312. The zero-order valence-electron chi connectivity index (χ0n) is 11.7. The van der Waals surface area contributed by atoms with E-state index in [0.717, 1.165) is 27.6 Å². The van der Waals surface area contributed by atoms with E-state index in [1.165, 1.54) is 11.1 Å². The third-order valence-corrected chi connectivity index (χ3v) is 4.17. The number of rotatable bonds is 5. The number of hydrogen-bond donors (Lipinski definition) is 1. The molecule has 0 saturated carbocycles. The third kappa shape index (κ3) is 4.14. The number of pyridine rings is 1. The van der Waals surface area contributed by atoms with Crippen LogP contribution in [0.3, 0.4) is 0 Å². The maximum absolute atomic E-state index is 4.51. The zero-order valence-corrected chi connectivity index (χ0v) is 14.8. The molecule has 1 aromatic carbocycles. The van der Waals surface area contributed by atoms with E-state index in [1.54, 1.807) is 0 Å². The second kappa shape index (κ2) is 7.34. The van der Waals surface area contributed by atoms with Gasteiger partial charge in [0.25, 0.3) is 0 Å². The van der Waals surface area contributed by atoms with Crippen molar-refractivity contribution in [2.75, 3.05) is 6.54 Å². The molecule has 20 heavy (non-hydrogen) atoms. The van der Waals surface area contributed by atoms with Crippen LogP contribution < -0.4 is 5.32 Å². The van der Waals surface area contributed by atoms with Crippen LogP contribution in [0, 0.1) is 6.92 Å². The van der Waals surface area contributed by atoms with Crippen LogP contribution in [0.2, 0.25) is 0 Å². The summed E-state index contributed by atoms with van der Waals surface area (Å²) in [6.45, 7) is 5.17. The van der Waals surface area contributed by atoms with Gasteiger partial charge in [-0.2, -0.15) is 0 Å². The van der Waals surface area contributed by atoms with Gasteiger partial charge in [0.2, 0.25) is 0 Å². The molecule has 0 bridgehead atoms. The highest BCUT2D eigenvalue weighted by Crippen LogP contribution is 2.26. The first-order chi connectivity index (χ1) is 9.60. The van der Waals surface area contributed by atoms with E-state index >= 15 is 0 Å². The molecule has 1 N–H and O–H groups in total. The Morgan fingerprint density at radius 3 is 2.50 bits per heavy atom. The van der Waals surface area contributed by atoms with Gasteiger partial charge in [-0.05, 0) is 48.9 Å². The minimum absolute atomic E-state index is 0.266. The summed E-state index contributed by atoms with van der Waals surface area (Å²) >= 11 is 7.12. The quantitative estimate of drug-likeness (QED) is 0.782. The number of aryl methyl sites for hydroxylation is 1. The molecule has 1 atom stereocenters. The van der Waals surface area contributed by atoms with Crippen molar-refractivity contribution in [1.29, 1.82) is 0 Å². The standard InChI is InChI=1S/C16H18Br2N2/c1-3-19-16(10-15-11(2)5-4-6-20-15)12-7-13(17)9-14(18)8-12/h4-9,16,19H,3,10H2,1-2H3. The molecule has 0 fully saturated rings. The number of benzene rings is 1. The Bertz CT molecular complexity index is 564. The second-order valence-corrected chi connectivity index (χ2v) is 6.62. The van der Waals surface area contributed by atoms with Crippen LogP contribution in [-0.2, 0) is 6.42 Å². The fourth-order valence-corrected chi connectivity index (χ4v) is 3.59. The van der Waals surface area contributed by atoms with Gasteiger partial charge in [0, 0.05) is 33.3 Å². The van der Waals surface area contributed by atoms with E-state index in [2.05, 4.69) is 80.3 Å². The molecule has 2 rings (SSSR count). The average Bonchev–Trinajstić information content (AvgIpc) is 2.39. The first-order valence-corrected chi connectivity index (χ1v) is 8.28. The number of likely N-dealkylation sites (N-methyl/N-ethyl adjacent to an activating group) is 1. The molecule has 1 heterocycles. The van der Waals surface area contributed by atoms with Crippen LogP contribution in [0.25, 0.3) is 0 Å². The molecule has 1 aromatic heterocycles. The van der Waals surface area contributed by atoms with Crippen LogP contribution >= 0.6 is 31.9 Å². The third-order valence-electron chi connectivity index (χ3n) is 3.25. The minimum atomic E-state index is 0.266. The minimum Gasteiger partial charge on any atom is -0.310 e. The molecule has 0 amide bonds.